The summed E-state index contributed by atoms with van der Waals surface area (Å²) in [7, 11) is 0. The van der Waals surface area contributed by atoms with Crippen molar-refractivity contribution >= 4 is 5.91 Å². The Bertz CT molecular complexity index is 891. The Morgan fingerprint density at radius 1 is 1.22 bits per heavy atom. The summed E-state index contributed by atoms with van der Waals surface area (Å²) < 4.78 is 18.7. The smallest absolute Gasteiger partial charge is 0.261 e. The highest BCUT2D eigenvalue weighted by atomic mass is 19.1. The standard InChI is InChI=1S/C21H23FN2O3/c22-16-6-8-17(9-7-16)27-13-14-3-2-10-24(12-14)21(26)18-11-15-4-1-5-19(15)23-20(18)25/h6-9,11,14H,1-5,10,12-13H2,(H,23,25). The van der Waals surface area contributed by atoms with Crippen molar-refractivity contribution in [2.24, 2.45) is 5.92 Å². The number of aromatic amines is 1. The number of aryl methyl sites for hydroxylation is 2. The van der Waals surface area contributed by atoms with Gasteiger partial charge in [0.1, 0.15) is 17.1 Å². The maximum atomic E-state index is 13.0. The number of benzene rings is 1. The molecule has 2 heterocycles. The number of rotatable bonds is 4. The molecule has 1 aromatic heterocycles. The van der Waals surface area contributed by atoms with Gasteiger partial charge in [-0.05, 0) is 68.0 Å². The second-order valence-electron chi connectivity index (χ2n) is 7.39. The molecule has 1 aromatic carbocycles. The van der Waals surface area contributed by atoms with Crippen LogP contribution in [-0.2, 0) is 12.8 Å². The van der Waals surface area contributed by atoms with Gasteiger partial charge in [-0.25, -0.2) is 4.39 Å². The van der Waals surface area contributed by atoms with Crippen molar-refractivity contribution in [1.82, 2.24) is 9.88 Å². The normalized spacial score (nSPS) is 19.0. The summed E-state index contributed by atoms with van der Waals surface area (Å²) in [6.07, 6.45) is 4.67. The van der Waals surface area contributed by atoms with Crippen LogP contribution in [0.2, 0.25) is 0 Å². The molecule has 0 bridgehead atoms. The quantitative estimate of drug-likeness (QED) is 0.900. The number of ether oxygens (including phenoxy) is 1. The van der Waals surface area contributed by atoms with Crippen LogP contribution in [0.25, 0.3) is 0 Å². The number of nitrogens with one attached hydrogen (secondary N) is 1. The summed E-state index contributed by atoms with van der Waals surface area (Å²) in [4.78, 5) is 29.9. The van der Waals surface area contributed by atoms with Gasteiger partial charge in [0.25, 0.3) is 11.5 Å². The average Bonchev–Trinajstić information content (AvgIpc) is 3.14. The molecule has 0 radical (unpaired) electrons. The molecule has 0 spiro atoms. The first-order valence-electron chi connectivity index (χ1n) is 9.53. The molecule has 5 nitrogen and oxygen atoms in total. The number of hydrogen-bond donors (Lipinski definition) is 1. The fourth-order valence-electron chi connectivity index (χ4n) is 3.97. The minimum Gasteiger partial charge on any atom is -0.493 e. The number of carbonyl (C=O) groups is 1. The minimum absolute atomic E-state index is 0.196. The number of piperidine rings is 1. The molecule has 1 amide bonds. The molecule has 1 saturated heterocycles. The SMILES string of the molecule is O=C(c1cc2c([nH]c1=O)CCC2)N1CCCC(COc2ccc(F)cc2)C1. The Labute approximate surface area is 157 Å². The topological polar surface area (TPSA) is 62.4 Å². The number of amides is 1. The molecule has 27 heavy (non-hydrogen) atoms. The molecule has 1 fully saturated rings. The first-order chi connectivity index (χ1) is 13.1. The molecule has 1 aliphatic heterocycles. The second kappa shape index (κ2) is 7.55. The van der Waals surface area contributed by atoms with E-state index in [4.69, 9.17) is 4.74 Å². The summed E-state index contributed by atoms with van der Waals surface area (Å²) in [5, 5.41) is 0. The predicted octanol–water partition coefficient (Wildman–Crippen LogP) is 2.93. The van der Waals surface area contributed by atoms with E-state index >= 15 is 0 Å². The largest absolute Gasteiger partial charge is 0.493 e. The Hall–Kier alpha value is -2.63. The van der Waals surface area contributed by atoms with Crippen LogP contribution in [0.4, 0.5) is 4.39 Å². The number of fused-ring (bicyclic) bond motifs is 1. The highest BCUT2D eigenvalue weighted by Crippen LogP contribution is 2.22. The molecule has 1 aliphatic carbocycles. The third-order valence-electron chi connectivity index (χ3n) is 5.42. The number of halogens is 1. The zero-order valence-electron chi connectivity index (χ0n) is 15.2. The van der Waals surface area contributed by atoms with E-state index in [1.54, 1.807) is 23.1 Å². The van der Waals surface area contributed by atoms with Gasteiger partial charge in [0.15, 0.2) is 0 Å². The van der Waals surface area contributed by atoms with E-state index in [9.17, 15) is 14.0 Å². The van der Waals surface area contributed by atoms with Crippen LogP contribution >= 0.6 is 0 Å². The summed E-state index contributed by atoms with van der Waals surface area (Å²) in [5.74, 6) is 0.324. The van der Waals surface area contributed by atoms with Gasteiger partial charge in [0.2, 0.25) is 0 Å². The lowest BCUT2D eigenvalue weighted by Crippen LogP contribution is -2.43. The number of likely N-dealkylation sites (tertiary alicyclic amines) is 1. The molecule has 1 atom stereocenters. The third-order valence-corrected chi connectivity index (χ3v) is 5.42. The van der Waals surface area contributed by atoms with Crippen LogP contribution in [0.1, 0.15) is 40.9 Å². The van der Waals surface area contributed by atoms with Crippen molar-refractivity contribution in [1.29, 1.82) is 0 Å². The second-order valence-corrected chi connectivity index (χ2v) is 7.39. The monoisotopic (exact) mass is 370 g/mol. The lowest BCUT2D eigenvalue weighted by Gasteiger charge is -2.32. The van der Waals surface area contributed by atoms with Crippen molar-refractivity contribution in [2.75, 3.05) is 19.7 Å². The van der Waals surface area contributed by atoms with Crippen LogP contribution in [0.5, 0.6) is 5.75 Å². The van der Waals surface area contributed by atoms with Crippen LogP contribution in [-0.4, -0.2) is 35.5 Å². The summed E-state index contributed by atoms with van der Waals surface area (Å²) in [5.41, 5.74) is 2.02. The van der Waals surface area contributed by atoms with Crippen LogP contribution < -0.4 is 10.3 Å². The van der Waals surface area contributed by atoms with E-state index in [-0.39, 0.29) is 28.8 Å². The van der Waals surface area contributed by atoms with E-state index in [0.717, 1.165) is 43.4 Å². The van der Waals surface area contributed by atoms with Crippen molar-refractivity contribution in [3.05, 3.63) is 63.3 Å². The first kappa shape index (κ1) is 17.8. The molecular weight excluding hydrogens is 347 g/mol. The molecule has 0 saturated carbocycles. The molecular formula is C21H23FN2O3. The van der Waals surface area contributed by atoms with E-state index in [0.29, 0.717) is 25.4 Å². The fraction of sp³-hybridized carbons (Fsp3) is 0.429. The summed E-state index contributed by atoms with van der Waals surface area (Å²) in [6, 6.07) is 7.72. The lowest BCUT2D eigenvalue weighted by atomic mass is 9.98. The van der Waals surface area contributed by atoms with Crippen LogP contribution in [0, 0.1) is 11.7 Å². The highest BCUT2D eigenvalue weighted by molar-refractivity contribution is 5.94. The number of carbonyl (C=O) groups excluding carboxylic acids is 1. The Balaban J connectivity index is 1.41. The summed E-state index contributed by atoms with van der Waals surface area (Å²) >= 11 is 0. The third kappa shape index (κ3) is 3.89. The van der Waals surface area contributed by atoms with Crippen molar-refractivity contribution in [2.45, 2.75) is 32.1 Å². The Kier molecular flexibility index (Phi) is 4.97. The molecule has 6 heteroatoms. The Morgan fingerprint density at radius 3 is 2.85 bits per heavy atom. The number of H-pyrrole nitrogens is 1. The summed E-state index contributed by atoms with van der Waals surface area (Å²) in [6.45, 7) is 1.69. The molecule has 2 aliphatic rings. The number of nitrogens with zero attached hydrogens (tertiary/aromatic N) is 1. The maximum Gasteiger partial charge on any atom is 0.261 e. The molecule has 1 unspecified atom stereocenters. The number of aromatic nitrogens is 1. The van der Waals surface area contributed by atoms with E-state index in [2.05, 4.69) is 4.98 Å². The highest BCUT2D eigenvalue weighted by Gasteiger charge is 2.27. The maximum absolute atomic E-state index is 13.0. The van der Waals surface area contributed by atoms with Gasteiger partial charge in [-0.1, -0.05) is 0 Å². The molecule has 2 aromatic rings. The first-order valence-corrected chi connectivity index (χ1v) is 9.53. The minimum atomic E-state index is -0.295. The molecule has 142 valence electrons. The molecule has 1 N–H and O–H groups in total. The zero-order valence-corrected chi connectivity index (χ0v) is 15.2. The van der Waals surface area contributed by atoms with Gasteiger partial charge in [0, 0.05) is 24.7 Å². The van der Waals surface area contributed by atoms with Crippen molar-refractivity contribution in [3.8, 4) is 5.75 Å². The van der Waals surface area contributed by atoms with Crippen molar-refractivity contribution in [3.63, 3.8) is 0 Å². The van der Waals surface area contributed by atoms with E-state index < -0.39 is 0 Å². The van der Waals surface area contributed by atoms with Gasteiger partial charge < -0.3 is 14.6 Å². The van der Waals surface area contributed by atoms with Gasteiger partial charge in [-0.2, -0.15) is 0 Å². The molecule has 4 rings (SSSR count). The van der Waals surface area contributed by atoms with Gasteiger partial charge >= 0.3 is 0 Å². The van der Waals surface area contributed by atoms with Gasteiger partial charge in [-0.3, -0.25) is 9.59 Å². The average molecular weight is 370 g/mol. The van der Waals surface area contributed by atoms with Crippen LogP contribution in [0.3, 0.4) is 0 Å². The zero-order chi connectivity index (χ0) is 18.8. The Morgan fingerprint density at radius 2 is 2.04 bits per heavy atom. The number of pyridine rings is 1. The van der Waals surface area contributed by atoms with E-state index in [1.165, 1.54) is 12.1 Å². The van der Waals surface area contributed by atoms with E-state index in [1.807, 2.05) is 0 Å². The van der Waals surface area contributed by atoms with Crippen molar-refractivity contribution < 1.29 is 13.9 Å². The fourth-order valence-corrected chi connectivity index (χ4v) is 3.97. The predicted molar refractivity (Wildman–Crippen MR) is 99.6 cm³/mol. The lowest BCUT2D eigenvalue weighted by molar-refractivity contribution is 0.0631. The van der Waals surface area contributed by atoms with Gasteiger partial charge in [0.05, 0.1) is 6.61 Å². The van der Waals surface area contributed by atoms with Gasteiger partial charge in [-0.15, -0.1) is 0 Å². The number of hydrogen-bond acceptors (Lipinski definition) is 3. The van der Waals surface area contributed by atoms with Crippen LogP contribution in [0.15, 0.2) is 35.1 Å².